The molecule has 6 nitrogen and oxygen atoms in total. The predicted molar refractivity (Wildman–Crippen MR) is 116 cm³/mol. The number of pyridine rings is 3. The second-order valence-electron chi connectivity index (χ2n) is 7.07. The van der Waals surface area contributed by atoms with Crippen molar-refractivity contribution in [2.24, 2.45) is 0 Å². The van der Waals surface area contributed by atoms with Crippen molar-refractivity contribution >= 4 is 16.8 Å². The third-order valence-corrected chi connectivity index (χ3v) is 4.88. The maximum absolute atomic E-state index is 13.0. The highest BCUT2D eigenvalue weighted by molar-refractivity contribution is 6.00. The number of aromatic nitrogens is 3. The fourth-order valence-corrected chi connectivity index (χ4v) is 3.18. The summed E-state index contributed by atoms with van der Waals surface area (Å²) in [4.78, 5) is 27.5. The van der Waals surface area contributed by atoms with E-state index < -0.39 is 0 Å². The number of fused-ring (bicyclic) bond motifs is 1. The van der Waals surface area contributed by atoms with Crippen molar-refractivity contribution in [3.8, 4) is 16.9 Å². The van der Waals surface area contributed by atoms with Crippen LogP contribution in [0.1, 0.15) is 16.1 Å². The number of aryl methyl sites for hydroxylation is 1. The third kappa shape index (κ3) is 4.27. The van der Waals surface area contributed by atoms with Crippen LogP contribution in [0.4, 0.5) is 0 Å². The molecule has 6 heteroatoms. The lowest BCUT2D eigenvalue weighted by molar-refractivity contribution is 0.0768. The number of amides is 1. The molecule has 0 aliphatic carbocycles. The van der Waals surface area contributed by atoms with Gasteiger partial charge in [0.15, 0.2) is 0 Å². The van der Waals surface area contributed by atoms with Gasteiger partial charge in [0.25, 0.3) is 5.91 Å². The molecule has 0 radical (unpaired) electrons. The van der Waals surface area contributed by atoms with Crippen LogP contribution in [0.3, 0.4) is 0 Å². The Morgan fingerprint density at radius 1 is 1.00 bits per heavy atom. The lowest BCUT2D eigenvalue weighted by atomic mass is 10.0. The number of nitrogens with zero attached hydrogens (tertiary/aromatic N) is 4. The normalized spacial score (nSPS) is 10.7. The van der Waals surface area contributed by atoms with Gasteiger partial charge >= 0.3 is 0 Å². The Labute approximate surface area is 175 Å². The van der Waals surface area contributed by atoms with Gasteiger partial charge < -0.3 is 9.64 Å². The Hall–Kier alpha value is -3.80. The van der Waals surface area contributed by atoms with Crippen LogP contribution in [-0.2, 0) is 0 Å². The maximum Gasteiger partial charge on any atom is 0.272 e. The van der Waals surface area contributed by atoms with Gasteiger partial charge in [0.1, 0.15) is 18.1 Å². The van der Waals surface area contributed by atoms with Gasteiger partial charge in [-0.25, -0.2) is 4.98 Å². The molecule has 0 spiro atoms. The molecular weight excluding hydrogens is 376 g/mol. The minimum Gasteiger partial charge on any atom is -0.492 e. The molecule has 1 aromatic carbocycles. The van der Waals surface area contributed by atoms with Crippen LogP contribution in [0.2, 0.25) is 0 Å². The van der Waals surface area contributed by atoms with E-state index in [1.165, 1.54) is 5.56 Å². The summed E-state index contributed by atoms with van der Waals surface area (Å²) in [5.74, 6) is 0.634. The highest BCUT2D eigenvalue weighted by Crippen LogP contribution is 2.28. The molecule has 0 aliphatic heterocycles. The Morgan fingerprint density at radius 3 is 2.50 bits per heavy atom. The molecule has 0 N–H and O–H groups in total. The number of likely N-dealkylation sites (N-methyl/N-ethyl adjacent to an activating group) is 1. The summed E-state index contributed by atoms with van der Waals surface area (Å²) in [6.45, 7) is 2.89. The summed E-state index contributed by atoms with van der Waals surface area (Å²) in [5, 5.41) is 0.894. The van der Waals surface area contributed by atoms with E-state index in [1.54, 1.807) is 36.7 Å². The quantitative estimate of drug-likeness (QED) is 0.488. The molecule has 150 valence electrons. The largest absolute Gasteiger partial charge is 0.492 e. The molecule has 0 fully saturated rings. The number of carbonyl (C=O) groups excluding carboxylic acids is 1. The monoisotopic (exact) mass is 398 g/mol. The van der Waals surface area contributed by atoms with E-state index in [9.17, 15) is 4.79 Å². The number of hydrogen-bond acceptors (Lipinski definition) is 5. The zero-order chi connectivity index (χ0) is 20.9. The summed E-state index contributed by atoms with van der Waals surface area (Å²) in [5.41, 5.74) is 4.16. The molecule has 0 saturated heterocycles. The Kier molecular flexibility index (Phi) is 5.66. The minimum absolute atomic E-state index is 0.156. The van der Waals surface area contributed by atoms with Crippen molar-refractivity contribution < 1.29 is 9.53 Å². The molecule has 4 rings (SSSR count). The first-order valence-electron chi connectivity index (χ1n) is 9.72. The molecule has 0 aliphatic rings. The van der Waals surface area contributed by atoms with Crippen LogP contribution in [0.5, 0.6) is 5.75 Å². The average molecular weight is 398 g/mol. The smallest absolute Gasteiger partial charge is 0.272 e. The van der Waals surface area contributed by atoms with Gasteiger partial charge in [-0.1, -0.05) is 17.7 Å². The van der Waals surface area contributed by atoms with E-state index in [0.717, 1.165) is 27.8 Å². The first-order valence-corrected chi connectivity index (χ1v) is 9.72. The fourth-order valence-electron chi connectivity index (χ4n) is 3.18. The van der Waals surface area contributed by atoms with Gasteiger partial charge in [-0.2, -0.15) is 0 Å². The summed E-state index contributed by atoms with van der Waals surface area (Å²) >= 11 is 0. The SMILES string of the molecule is Cc1ccc(OCCN(C)C(=O)c2cc(-c3ccncc3)c3cnccc3n2)cc1. The third-order valence-electron chi connectivity index (χ3n) is 4.88. The second-order valence-corrected chi connectivity index (χ2v) is 7.07. The van der Waals surface area contributed by atoms with E-state index in [-0.39, 0.29) is 5.91 Å². The molecule has 3 aromatic heterocycles. The van der Waals surface area contributed by atoms with Crippen molar-refractivity contribution in [3.05, 3.63) is 84.6 Å². The maximum atomic E-state index is 13.0. The van der Waals surface area contributed by atoms with Crippen LogP contribution in [-0.4, -0.2) is 46.0 Å². The zero-order valence-electron chi connectivity index (χ0n) is 16.9. The zero-order valence-corrected chi connectivity index (χ0v) is 16.9. The van der Waals surface area contributed by atoms with Crippen molar-refractivity contribution in [1.82, 2.24) is 19.9 Å². The number of benzene rings is 1. The van der Waals surface area contributed by atoms with Gasteiger partial charge in [0, 0.05) is 37.2 Å². The van der Waals surface area contributed by atoms with Crippen LogP contribution < -0.4 is 4.74 Å². The molecule has 1 amide bonds. The molecular formula is C24H22N4O2. The first kappa shape index (κ1) is 19.5. The van der Waals surface area contributed by atoms with Crippen molar-refractivity contribution in [3.63, 3.8) is 0 Å². The van der Waals surface area contributed by atoms with Crippen LogP contribution in [0.15, 0.2) is 73.3 Å². The number of carbonyl (C=O) groups is 1. The molecule has 0 saturated carbocycles. The standard InChI is InChI=1S/C24H22N4O2/c1-17-3-5-19(6-4-17)30-14-13-28(2)24(29)23-15-20(18-7-10-25-11-8-18)21-16-26-12-9-22(21)27-23/h3-12,15-16H,13-14H2,1-2H3. The summed E-state index contributed by atoms with van der Waals surface area (Å²) < 4.78 is 5.75. The van der Waals surface area contributed by atoms with Crippen molar-refractivity contribution in [1.29, 1.82) is 0 Å². The average Bonchev–Trinajstić information content (AvgIpc) is 2.79. The van der Waals surface area contributed by atoms with Crippen LogP contribution in [0, 0.1) is 6.92 Å². The highest BCUT2D eigenvalue weighted by Gasteiger charge is 2.17. The Morgan fingerprint density at radius 2 is 1.73 bits per heavy atom. The van der Waals surface area contributed by atoms with Gasteiger partial charge in [0.05, 0.1) is 12.1 Å². The Balaban J connectivity index is 1.54. The number of rotatable bonds is 6. The van der Waals surface area contributed by atoms with E-state index in [2.05, 4.69) is 15.0 Å². The number of ether oxygens (including phenoxy) is 1. The predicted octanol–water partition coefficient (Wildman–Crippen LogP) is 4.15. The summed E-state index contributed by atoms with van der Waals surface area (Å²) in [6.07, 6.45) is 6.91. The molecule has 0 unspecified atom stereocenters. The van der Waals surface area contributed by atoms with E-state index in [0.29, 0.717) is 18.8 Å². The lowest BCUT2D eigenvalue weighted by Crippen LogP contribution is -2.31. The molecule has 3 heterocycles. The van der Waals surface area contributed by atoms with Crippen LogP contribution in [0.25, 0.3) is 22.0 Å². The van der Waals surface area contributed by atoms with Gasteiger partial charge in [-0.05, 0) is 54.4 Å². The van der Waals surface area contributed by atoms with Crippen molar-refractivity contribution in [2.45, 2.75) is 6.92 Å². The highest BCUT2D eigenvalue weighted by atomic mass is 16.5. The van der Waals surface area contributed by atoms with E-state index >= 15 is 0 Å². The summed E-state index contributed by atoms with van der Waals surface area (Å²) in [6, 6.07) is 15.3. The van der Waals surface area contributed by atoms with E-state index in [4.69, 9.17) is 4.74 Å². The molecule has 30 heavy (non-hydrogen) atoms. The van der Waals surface area contributed by atoms with Gasteiger partial charge in [-0.15, -0.1) is 0 Å². The van der Waals surface area contributed by atoms with Crippen molar-refractivity contribution in [2.75, 3.05) is 20.2 Å². The molecule has 0 atom stereocenters. The Bertz CT molecular complexity index is 1160. The molecule has 4 aromatic rings. The first-order chi connectivity index (χ1) is 14.6. The number of hydrogen-bond donors (Lipinski definition) is 0. The topological polar surface area (TPSA) is 68.2 Å². The fraction of sp³-hybridized carbons (Fsp3) is 0.167. The lowest BCUT2D eigenvalue weighted by Gasteiger charge is -2.18. The van der Waals surface area contributed by atoms with Gasteiger partial charge in [-0.3, -0.25) is 14.8 Å². The van der Waals surface area contributed by atoms with E-state index in [1.807, 2.05) is 55.5 Å². The van der Waals surface area contributed by atoms with Gasteiger partial charge in [0.2, 0.25) is 0 Å². The summed E-state index contributed by atoms with van der Waals surface area (Å²) in [7, 11) is 1.76. The van der Waals surface area contributed by atoms with Crippen LogP contribution >= 0.6 is 0 Å². The molecule has 0 bridgehead atoms. The minimum atomic E-state index is -0.156. The second kappa shape index (κ2) is 8.69.